The highest BCUT2D eigenvalue weighted by atomic mass is 32.2. The summed E-state index contributed by atoms with van der Waals surface area (Å²) in [6, 6.07) is 0. The van der Waals surface area contributed by atoms with Gasteiger partial charge >= 0.3 is 5.97 Å². The zero-order valence-electron chi connectivity index (χ0n) is 10.1. The van der Waals surface area contributed by atoms with Crippen LogP contribution in [0.15, 0.2) is 11.3 Å². The van der Waals surface area contributed by atoms with E-state index in [1.54, 1.807) is 0 Å². The molecule has 2 N–H and O–H groups in total. The van der Waals surface area contributed by atoms with E-state index in [2.05, 4.69) is 5.32 Å². The lowest BCUT2D eigenvalue weighted by Crippen LogP contribution is -2.57. The molecule has 2 aliphatic rings. The molecule has 0 aliphatic carbocycles. The van der Waals surface area contributed by atoms with Crippen LogP contribution in [0.3, 0.4) is 0 Å². The summed E-state index contributed by atoms with van der Waals surface area (Å²) in [4.78, 5) is 35.3. The van der Waals surface area contributed by atoms with Gasteiger partial charge in [-0.1, -0.05) is 6.92 Å². The normalized spacial score (nSPS) is 26.6. The molecule has 2 heterocycles. The van der Waals surface area contributed by atoms with Crippen LogP contribution in [0.5, 0.6) is 0 Å². The van der Waals surface area contributed by atoms with E-state index in [9.17, 15) is 19.5 Å². The largest absolute Gasteiger partial charge is 0.477 e. The molecule has 1 unspecified atom stereocenters. The Balaban J connectivity index is 2.40. The second-order valence-corrected chi connectivity index (χ2v) is 5.46. The molecule has 18 heavy (non-hydrogen) atoms. The Morgan fingerprint density at radius 3 is 2.67 bits per heavy atom. The summed E-state index contributed by atoms with van der Waals surface area (Å²) in [5.74, 6) is -1.49. The monoisotopic (exact) mass is 270 g/mol. The number of nitrogens with one attached hydrogen (secondary N) is 1. The third-order valence-corrected chi connectivity index (χ3v) is 4.34. The highest BCUT2D eigenvalue weighted by Gasteiger charge is 2.48. The molecule has 1 fully saturated rings. The van der Waals surface area contributed by atoms with Gasteiger partial charge in [-0.15, -0.1) is 11.8 Å². The molecular weight excluding hydrogens is 256 g/mol. The number of thioether (sulfide) groups is 1. The molecule has 1 saturated heterocycles. The fraction of sp³-hybridized carbons (Fsp3) is 0.545. The molecule has 98 valence electrons. The van der Waals surface area contributed by atoms with Crippen LogP contribution >= 0.6 is 11.8 Å². The van der Waals surface area contributed by atoms with Crippen LogP contribution in [0.1, 0.15) is 26.7 Å². The van der Waals surface area contributed by atoms with Crippen molar-refractivity contribution in [3.05, 3.63) is 11.3 Å². The molecule has 0 aromatic rings. The number of β-lactam (4-membered cyclic amide) rings is 1. The fourth-order valence-electron chi connectivity index (χ4n) is 2.18. The average Bonchev–Trinajstić information content (AvgIpc) is 2.26. The minimum Gasteiger partial charge on any atom is -0.477 e. The molecule has 2 amide bonds. The topological polar surface area (TPSA) is 86.7 Å². The molecule has 0 spiro atoms. The molecule has 6 nitrogen and oxygen atoms in total. The number of aliphatic carboxylic acids is 1. The van der Waals surface area contributed by atoms with Gasteiger partial charge in [-0.05, 0) is 12.0 Å². The van der Waals surface area contributed by atoms with Gasteiger partial charge in [0.2, 0.25) is 11.8 Å². The van der Waals surface area contributed by atoms with Crippen molar-refractivity contribution in [2.45, 2.75) is 37.4 Å². The van der Waals surface area contributed by atoms with E-state index in [0.29, 0.717) is 18.4 Å². The summed E-state index contributed by atoms with van der Waals surface area (Å²) in [6.07, 6.45) is 0.810. The Morgan fingerprint density at radius 1 is 1.56 bits per heavy atom. The fourth-order valence-corrected chi connectivity index (χ4v) is 3.76. The molecule has 0 aromatic heterocycles. The molecule has 0 bridgehead atoms. The van der Waals surface area contributed by atoms with Crippen molar-refractivity contribution < 1.29 is 19.5 Å². The van der Waals surface area contributed by atoms with Crippen molar-refractivity contribution in [3.8, 4) is 0 Å². The molecule has 0 aromatic carbocycles. The first-order chi connectivity index (χ1) is 8.45. The van der Waals surface area contributed by atoms with Gasteiger partial charge in [0.15, 0.2) is 0 Å². The lowest BCUT2D eigenvalue weighted by molar-refractivity contribution is -0.146. The molecule has 2 atom stereocenters. The minimum absolute atomic E-state index is 0.0382. The highest BCUT2D eigenvalue weighted by Crippen LogP contribution is 2.43. The number of carbonyl (C=O) groups is 3. The van der Waals surface area contributed by atoms with Gasteiger partial charge in [0.25, 0.3) is 0 Å². The van der Waals surface area contributed by atoms with Gasteiger partial charge in [-0.3, -0.25) is 14.5 Å². The number of carboxylic acid groups (broad SMARTS) is 1. The number of hydrogen-bond acceptors (Lipinski definition) is 4. The van der Waals surface area contributed by atoms with Crippen molar-refractivity contribution >= 4 is 29.5 Å². The van der Waals surface area contributed by atoms with Gasteiger partial charge in [0, 0.05) is 6.92 Å². The van der Waals surface area contributed by atoms with E-state index in [4.69, 9.17) is 0 Å². The third-order valence-electron chi connectivity index (χ3n) is 2.98. The number of carbonyl (C=O) groups excluding carboxylic acids is 2. The third kappa shape index (κ3) is 1.98. The highest BCUT2D eigenvalue weighted by molar-refractivity contribution is 8.00. The van der Waals surface area contributed by atoms with Crippen LogP contribution in [0.2, 0.25) is 0 Å². The SMILES string of the molecule is CCC1=C(C(=O)O)N2C(=O)C[C@H]2SC1NC(C)=O. The lowest BCUT2D eigenvalue weighted by atomic mass is 10.0. The minimum atomic E-state index is -1.11. The first-order valence-corrected chi connectivity index (χ1v) is 6.61. The Bertz CT molecular complexity index is 460. The second kappa shape index (κ2) is 4.64. The van der Waals surface area contributed by atoms with Crippen LogP contribution in [0.4, 0.5) is 0 Å². The van der Waals surface area contributed by atoms with Crippen molar-refractivity contribution in [1.82, 2.24) is 10.2 Å². The van der Waals surface area contributed by atoms with Gasteiger partial charge in [0.05, 0.1) is 11.8 Å². The maximum atomic E-state index is 11.5. The molecule has 7 heteroatoms. The molecule has 0 saturated carbocycles. The van der Waals surface area contributed by atoms with E-state index in [-0.39, 0.29) is 28.3 Å². The number of carboxylic acids is 1. The van der Waals surface area contributed by atoms with Crippen LogP contribution < -0.4 is 5.32 Å². The van der Waals surface area contributed by atoms with Crippen LogP contribution in [-0.2, 0) is 14.4 Å². The van der Waals surface area contributed by atoms with Crippen molar-refractivity contribution in [1.29, 1.82) is 0 Å². The summed E-state index contributed by atoms with van der Waals surface area (Å²) >= 11 is 1.42. The predicted molar refractivity (Wildman–Crippen MR) is 65.4 cm³/mol. The van der Waals surface area contributed by atoms with E-state index in [1.165, 1.54) is 23.6 Å². The van der Waals surface area contributed by atoms with Crippen molar-refractivity contribution in [2.24, 2.45) is 0 Å². The first kappa shape index (κ1) is 12.9. The van der Waals surface area contributed by atoms with E-state index in [0.717, 1.165) is 0 Å². The van der Waals surface area contributed by atoms with Gasteiger partial charge < -0.3 is 10.4 Å². The van der Waals surface area contributed by atoms with Gasteiger partial charge in [-0.2, -0.15) is 0 Å². The number of rotatable bonds is 3. The maximum absolute atomic E-state index is 11.5. The summed E-state index contributed by atoms with van der Waals surface area (Å²) in [6.45, 7) is 3.21. The number of fused-ring (bicyclic) bond motifs is 1. The molecule has 0 radical (unpaired) electrons. The Hall–Kier alpha value is -1.50. The van der Waals surface area contributed by atoms with Crippen molar-refractivity contribution in [3.63, 3.8) is 0 Å². The lowest BCUT2D eigenvalue weighted by Gasteiger charge is -2.46. The Labute approximate surface area is 108 Å². The van der Waals surface area contributed by atoms with Crippen LogP contribution in [0.25, 0.3) is 0 Å². The summed E-state index contributed by atoms with van der Waals surface area (Å²) < 4.78 is 0. The number of nitrogens with zero attached hydrogens (tertiary/aromatic N) is 1. The summed E-state index contributed by atoms with van der Waals surface area (Å²) in [7, 11) is 0. The van der Waals surface area contributed by atoms with E-state index < -0.39 is 5.97 Å². The van der Waals surface area contributed by atoms with Gasteiger partial charge in [-0.25, -0.2) is 4.79 Å². The Morgan fingerprint density at radius 2 is 2.22 bits per heavy atom. The van der Waals surface area contributed by atoms with Gasteiger partial charge in [0.1, 0.15) is 11.1 Å². The standard InChI is InChI=1S/C11H14N2O4S/c1-3-6-9(11(16)17)13-7(15)4-8(13)18-10(6)12-5(2)14/h8,10H,3-4H2,1-2H3,(H,12,14)(H,16,17)/t8-,10?/m1/s1. The quantitative estimate of drug-likeness (QED) is 0.729. The second-order valence-electron chi connectivity index (χ2n) is 4.17. The first-order valence-electron chi connectivity index (χ1n) is 5.66. The zero-order valence-corrected chi connectivity index (χ0v) is 10.9. The van der Waals surface area contributed by atoms with Crippen LogP contribution in [-0.4, -0.2) is 38.5 Å². The van der Waals surface area contributed by atoms with Crippen molar-refractivity contribution in [2.75, 3.05) is 0 Å². The summed E-state index contributed by atoms with van der Waals surface area (Å²) in [5.41, 5.74) is 0.628. The molecular formula is C11H14N2O4S. The smallest absolute Gasteiger partial charge is 0.352 e. The predicted octanol–water partition coefficient (Wildman–Crippen LogP) is 0.502. The number of hydrogen-bond donors (Lipinski definition) is 2. The zero-order chi connectivity index (χ0) is 13.4. The molecule has 2 aliphatic heterocycles. The van der Waals surface area contributed by atoms with E-state index >= 15 is 0 Å². The van der Waals surface area contributed by atoms with Crippen LogP contribution in [0, 0.1) is 0 Å². The number of amides is 2. The maximum Gasteiger partial charge on any atom is 0.352 e. The van der Waals surface area contributed by atoms with E-state index in [1.807, 2.05) is 6.92 Å². The Kier molecular flexibility index (Phi) is 3.34. The molecule has 2 rings (SSSR count). The average molecular weight is 270 g/mol. The summed E-state index contributed by atoms with van der Waals surface area (Å²) in [5, 5.41) is 11.5.